The summed E-state index contributed by atoms with van der Waals surface area (Å²) in [5.41, 5.74) is 2.63. The molecule has 30 heavy (non-hydrogen) atoms. The van der Waals surface area contributed by atoms with Crippen LogP contribution in [0.25, 0.3) is 0 Å². The molecule has 8 nitrogen and oxygen atoms in total. The number of rotatable bonds is 5. The molecule has 1 aliphatic rings. The Balaban J connectivity index is 1.56. The second kappa shape index (κ2) is 8.65. The van der Waals surface area contributed by atoms with Gasteiger partial charge >= 0.3 is 0 Å². The number of piperazine rings is 1. The monoisotopic (exact) mass is 447 g/mol. The fourth-order valence-electron chi connectivity index (χ4n) is 3.81. The number of aromatic nitrogens is 5. The molecule has 1 aliphatic heterocycles. The molecule has 0 radical (unpaired) electrons. The second-order valence-electron chi connectivity index (χ2n) is 7.51. The van der Waals surface area contributed by atoms with E-state index in [1.165, 1.54) is 0 Å². The van der Waals surface area contributed by atoms with Gasteiger partial charge in [-0.1, -0.05) is 29.3 Å². The lowest BCUT2D eigenvalue weighted by Crippen LogP contribution is -2.47. The van der Waals surface area contributed by atoms with Crippen LogP contribution in [-0.2, 0) is 6.42 Å². The average molecular weight is 448 g/mol. The number of tetrazole rings is 1. The van der Waals surface area contributed by atoms with Crippen LogP contribution in [0.5, 0.6) is 5.75 Å². The molecule has 2 aromatic heterocycles. The van der Waals surface area contributed by atoms with Gasteiger partial charge in [0.1, 0.15) is 5.75 Å². The van der Waals surface area contributed by atoms with E-state index >= 15 is 0 Å². The molecule has 0 saturated carbocycles. The van der Waals surface area contributed by atoms with Crippen LogP contribution in [0.4, 0.5) is 11.4 Å². The lowest BCUT2D eigenvalue weighted by molar-refractivity contribution is 0.464. The van der Waals surface area contributed by atoms with Gasteiger partial charge in [-0.25, -0.2) is 4.68 Å². The Morgan fingerprint density at radius 3 is 2.37 bits per heavy atom. The van der Waals surface area contributed by atoms with Gasteiger partial charge in [0.15, 0.2) is 5.82 Å². The summed E-state index contributed by atoms with van der Waals surface area (Å²) in [6, 6.07) is 5.74. The number of benzene rings is 1. The molecule has 10 heteroatoms. The summed E-state index contributed by atoms with van der Waals surface area (Å²) in [5.74, 6) is 0.968. The fourth-order valence-corrected chi connectivity index (χ4v) is 4.41. The number of halogens is 2. The lowest BCUT2D eigenvalue weighted by atomic mass is 10.1. The Morgan fingerprint density at radius 1 is 1.03 bits per heavy atom. The Hall–Kier alpha value is -2.58. The van der Waals surface area contributed by atoms with Gasteiger partial charge in [-0.3, -0.25) is 4.98 Å². The molecule has 0 bridgehead atoms. The summed E-state index contributed by atoms with van der Waals surface area (Å²) in [7, 11) is 0. The molecule has 0 amide bonds. The molecular weight excluding hydrogens is 425 g/mol. The van der Waals surface area contributed by atoms with E-state index in [1.54, 1.807) is 23.1 Å². The van der Waals surface area contributed by atoms with Crippen molar-refractivity contribution in [3.8, 4) is 5.75 Å². The molecule has 1 aromatic carbocycles. The van der Waals surface area contributed by atoms with E-state index < -0.39 is 0 Å². The first-order valence-electron chi connectivity index (χ1n) is 9.82. The van der Waals surface area contributed by atoms with Crippen LogP contribution in [0.1, 0.15) is 31.3 Å². The summed E-state index contributed by atoms with van der Waals surface area (Å²) < 4.78 is 1.78. The average Bonchev–Trinajstić information content (AvgIpc) is 3.19. The largest absolute Gasteiger partial charge is 0.508 e. The number of phenols is 1. The molecule has 3 aromatic rings. The second-order valence-corrected chi connectivity index (χ2v) is 8.33. The Labute approximate surface area is 185 Å². The number of anilines is 2. The van der Waals surface area contributed by atoms with Crippen molar-refractivity contribution in [2.75, 3.05) is 36.0 Å². The van der Waals surface area contributed by atoms with Gasteiger partial charge in [-0.2, -0.15) is 0 Å². The van der Waals surface area contributed by atoms with Crippen LogP contribution in [0.2, 0.25) is 10.0 Å². The molecule has 1 fully saturated rings. The van der Waals surface area contributed by atoms with Gasteiger partial charge in [0, 0.05) is 56.2 Å². The molecule has 4 rings (SSSR count). The normalized spacial score (nSPS) is 14.6. The third-order valence-electron chi connectivity index (χ3n) is 5.28. The van der Waals surface area contributed by atoms with E-state index in [-0.39, 0.29) is 11.8 Å². The maximum absolute atomic E-state index is 10.6. The van der Waals surface area contributed by atoms with E-state index in [4.69, 9.17) is 23.2 Å². The minimum Gasteiger partial charge on any atom is -0.508 e. The summed E-state index contributed by atoms with van der Waals surface area (Å²) in [6.07, 6.45) is 3.68. The first-order valence-corrected chi connectivity index (χ1v) is 10.6. The van der Waals surface area contributed by atoms with E-state index in [2.05, 4.69) is 30.3 Å². The van der Waals surface area contributed by atoms with Crippen LogP contribution in [-0.4, -0.2) is 56.5 Å². The third kappa shape index (κ3) is 4.02. The standard InChI is InChI=1S/C20H23Cl2N7O/c1-13(2)29-19(24-25-26-29)10-14-17(4-3-5-18(14)30)27-6-8-28(9-7-27)20-15(21)11-23-12-16(20)22/h3-5,11-13,30H,6-10H2,1-2H3. The van der Waals surface area contributed by atoms with Crippen LogP contribution < -0.4 is 9.80 Å². The molecule has 3 heterocycles. The molecule has 1 N–H and O–H groups in total. The van der Waals surface area contributed by atoms with Crippen molar-refractivity contribution < 1.29 is 5.11 Å². The van der Waals surface area contributed by atoms with E-state index in [0.29, 0.717) is 16.5 Å². The maximum Gasteiger partial charge on any atom is 0.156 e. The SMILES string of the molecule is CC(C)n1nnnc1Cc1c(O)cccc1N1CCN(c2c(Cl)cncc2Cl)CC1. The number of aromatic hydroxyl groups is 1. The minimum atomic E-state index is 0.141. The zero-order chi connectivity index (χ0) is 21.3. The van der Waals surface area contributed by atoms with E-state index in [1.807, 2.05) is 26.0 Å². The summed E-state index contributed by atoms with van der Waals surface area (Å²) >= 11 is 12.7. The van der Waals surface area contributed by atoms with Crippen molar-refractivity contribution in [3.63, 3.8) is 0 Å². The van der Waals surface area contributed by atoms with Crippen molar-refractivity contribution in [1.29, 1.82) is 0 Å². The van der Waals surface area contributed by atoms with Crippen molar-refractivity contribution in [3.05, 3.63) is 52.0 Å². The van der Waals surface area contributed by atoms with Gasteiger partial charge < -0.3 is 14.9 Å². The molecule has 158 valence electrons. The number of hydrogen-bond acceptors (Lipinski definition) is 7. The Morgan fingerprint density at radius 2 is 1.70 bits per heavy atom. The zero-order valence-electron chi connectivity index (χ0n) is 16.8. The maximum atomic E-state index is 10.6. The summed E-state index contributed by atoms with van der Waals surface area (Å²) in [4.78, 5) is 8.46. The van der Waals surface area contributed by atoms with Gasteiger partial charge in [0.25, 0.3) is 0 Å². The number of nitrogens with zero attached hydrogens (tertiary/aromatic N) is 7. The molecule has 0 atom stereocenters. The van der Waals surface area contributed by atoms with Crippen molar-refractivity contribution in [1.82, 2.24) is 25.2 Å². The highest BCUT2D eigenvalue weighted by atomic mass is 35.5. The minimum absolute atomic E-state index is 0.141. The molecule has 0 aliphatic carbocycles. The molecule has 0 spiro atoms. The zero-order valence-corrected chi connectivity index (χ0v) is 18.3. The Kier molecular flexibility index (Phi) is 5.97. The predicted molar refractivity (Wildman–Crippen MR) is 118 cm³/mol. The van der Waals surface area contributed by atoms with Crippen LogP contribution in [0.3, 0.4) is 0 Å². The third-order valence-corrected chi connectivity index (χ3v) is 5.83. The van der Waals surface area contributed by atoms with Gasteiger partial charge in [-0.05, 0) is 36.4 Å². The molecule has 0 unspecified atom stereocenters. The van der Waals surface area contributed by atoms with Crippen LogP contribution >= 0.6 is 23.2 Å². The summed E-state index contributed by atoms with van der Waals surface area (Å²) in [5, 5.41) is 23.7. The lowest BCUT2D eigenvalue weighted by Gasteiger charge is -2.38. The molecular formula is C20H23Cl2N7O. The first-order chi connectivity index (χ1) is 14.5. The van der Waals surface area contributed by atoms with Gasteiger partial charge in [0.2, 0.25) is 0 Å². The highest BCUT2D eigenvalue weighted by molar-refractivity contribution is 6.38. The van der Waals surface area contributed by atoms with Crippen molar-refractivity contribution in [2.24, 2.45) is 0 Å². The van der Waals surface area contributed by atoms with Crippen LogP contribution in [0, 0.1) is 0 Å². The number of hydrogen-bond donors (Lipinski definition) is 1. The number of phenolic OH excluding ortho intramolecular Hbond substituents is 1. The first kappa shape index (κ1) is 20.7. The Bertz CT molecular complexity index is 1010. The van der Waals surface area contributed by atoms with E-state index in [0.717, 1.165) is 48.9 Å². The highest BCUT2D eigenvalue weighted by Gasteiger charge is 2.24. The number of pyridine rings is 1. The van der Waals surface area contributed by atoms with E-state index in [9.17, 15) is 5.11 Å². The van der Waals surface area contributed by atoms with Gasteiger partial charge in [0.05, 0.1) is 21.8 Å². The quantitative estimate of drug-likeness (QED) is 0.639. The highest BCUT2D eigenvalue weighted by Crippen LogP contribution is 2.35. The molecule has 1 saturated heterocycles. The summed E-state index contributed by atoms with van der Waals surface area (Å²) in [6.45, 7) is 7.09. The van der Waals surface area contributed by atoms with Crippen molar-refractivity contribution in [2.45, 2.75) is 26.3 Å². The smallest absolute Gasteiger partial charge is 0.156 e. The predicted octanol–water partition coefficient (Wildman–Crippen LogP) is 3.58. The van der Waals surface area contributed by atoms with Crippen LogP contribution in [0.15, 0.2) is 30.6 Å². The fraction of sp³-hybridized carbons (Fsp3) is 0.400. The topological polar surface area (TPSA) is 83.2 Å². The van der Waals surface area contributed by atoms with Gasteiger partial charge in [-0.15, -0.1) is 5.10 Å². The van der Waals surface area contributed by atoms with Crippen molar-refractivity contribution >= 4 is 34.6 Å².